The van der Waals surface area contributed by atoms with Gasteiger partial charge in [-0.2, -0.15) is 5.10 Å². The van der Waals surface area contributed by atoms with Crippen LogP contribution >= 0.6 is 0 Å². The Labute approximate surface area is 105 Å². The SMILES string of the molecule is Cn1ncc(C(=O)O)c1CNC1CCS(=O)(=O)C1. The van der Waals surface area contributed by atoms with Gasteiger partial charge in [-0.15, -0.1) is 0 Å². The summed E-state index contributed by atoms with van der Waals surface area (Å²) in [7, 11) is -1.26. The van der Waals surface area contributed by atoms with E-state index < -0.39 is 15.8 Å². The summed E-state index contributed by atoms with van der Waals surface area (Å²) in [5, 5.41) is 15.9. The van der Waals surface area contributed by atoms with Gasteiger partial charge in [0.15, 0.2) is 9.84 Å². The maximum atomic E-state index is 11.3. The molecule has 100 valence electrons. The average molecular weight is 273 g/mol. The van der Waals surface area contributed by atoms with E-state index >= 15 is 0 Å². The highest BCUT2D eigenvalue weighted by molar-refractivity contribution is 7.91. The molecule has 1 unspecified atom stereocenters. The summed E-state index contributed by atoms with van der Waals surface area (Å²) >= 11 is 0. The first kappa shape index (κ1) is 13.0. The highest BCUT2D eigenvalue weighted by atomic mass is 32.2. The number of hydrogen-bond acceptors (Lipinski definition) is 5. The van der Waals surface area contributed by atoms with E-state index in [9.17, 15) is 13.2 Å². The van der Waals surface area contributed by atoms with Crippen molar-refractivity contribution >= 4 is 15.8 Å². The molecule has 1 aromatic heterocycles. The molecule has 0 bridgehead atoms. The van der Waals surface area contributed by atoms with Gasteiger partial charge in [-0.05, 0) is 6.42 Å². The third kappa shape index (κ3) is 2.70. The molecular weight excluding hydrogens is 258 g/mol. The number of sulfone groups is 1. The molecule has 1 fully saturated rings. The molecule has 1 aliphatic heterocycles. The van der Waals surface area contributed by atoms with Gasteiger partial charge in [0.2, 0.25) is 0 Å². The standard InChI is InChI=1S/C10H15N3O4S/c1-13-9(8(4-12-13)10(14)15)5-11-7-2-3-18(16,17)6-7/h4,7,11H,2-3,5-6H2,1H3,(H,14,15). The molecule has 0 radical (unpaired) electrons. The molecule has 0 amide bonds. The largest absolute Gasteiger partial charge is 0.478 e. The Morgan fingerprint density at radius 3 is 2.94 bits per heavy atom. The monoisotopic (exact) mass is 273 g/mol. The van der Waals surface area contributed by atoms with Crippen LogP contribution in [-0.2, 0) is 23.4 Å². The van der Waals surface area contributed by atoms with Gasteiger partial charge >= 0.3 is 5.97 Å². The van der Waals surface area contributed by atoms with Crippen LogP contribution in [0.15, 0.2) is 6.20 Å². The number of aromatic carboxylic acids is 1. The Balaban J connectivity index is 2.03. The predicted octanol–water partition coefficient (Wildman–Crippen LogP) is -0.605. The number of carboxylic acid groups (broad SMARTS) is 1. The van der Waals surface area contributed by atoms with E-state index in [-0.39, 0.29) is 23.1 Å². The van der Waals surface area contributed by atoms with Crippen molar-refractivity contribution in [2.75, 3.05) is 11.5 Å². The normalized spacial score (nSPS) is 22.2. The summed E-state index contributed by atoms with van der Waals surface area (Å²) in [6, 6.07) is -0.105. The number of nitrogens with zero attached hydrogens (tertiary/aromatic N) is 2. The van der Waals surface area contributed by atoms with Crippen molar-refractivity contribution in [2.24, 2.45) is 7.05 Å². The molecule has 1 saturated heterocycles. The van der Waals surface area contributed by atoms with E-state index in [1.807, 2.05) is 0 Å². The van der Waals surface area contributed by atoms with Gasteiger partial charge in [0.05, 0.1) is 23.4 Å². The smallest absolute Gasteiger partial charge is 0.339 e. The zero-order valence-electron chi connectivity index (χ0n) is 9.96. The summed E-state index contributed by atoms with van der Waals surface area (Å²) in [4.78, 5) is 11.0. The zero-order chi connectivity index (χ0) is 13.3. The lowest BCUT2D eigenvalue weighted by Gasteiger charge is -2.11. The first-order chi connectivity index (χ1) is 8.39. The summed E-state index contributed by atoms with van der Waals surface area (Å²) in [6.07, 6.45) is 1.87. The molecule has 7 nitrogen and oxygen atoms in total. The van der Waals surface area contributed by atoms with Crippen LogP contribution in [0.5, 0.6) is 0 Å². The molecule has 0 spiro atoms. The number of hydrogen-bond donors (Lipinski definition) is 2. The minimum atomic E-state index is -2.92. The van der Waals surface area contributed by atoms with Crippen LogP contribution in [0, 0.1) is 0 Å². The average Bonchev–Trinajstić information content (AvgIpc) is 2.79. The molecule has 0 saturated carbocycles. The van der Waals surface area contributed by atoms with E-state index in [4.69, 9.17) is 5.11 Å². The summed E-state index contributed by atoms with van der Waals surface area (Å²) < 4.78 is 24.1. The first-order valence-electron chi connectivity index (χ1n) is 5.57. The number of nitrogens with one attached hydrogen (secondary N) is 1. The van der Waals surface area contributed by atoms with Crippen LogP contribution in [0.4, 0.5) is 0 Å². The highest BCUT2D eigenvalue weighted by Gasteiger charge is 2.28. The van der Waals surface area contributed by atoms with Gasteiger partial charge < -0.3 is 10.4 Å². The van der Waals surface area contributed by atoms with Crippen LogP contribution in [0.2, 0.25) is 0 Å². The lowest BCUT2D eigenvalue weighted by atomic mass is 10.2. The van der Waals surface area contributed by atoms with Gasteiger partial charge in [-0.3, -0.25) is 4.68 Å². The third-order valence-electron chi connectivity index (χ3n) is 3.08. The van der Waals surface area contributed by atoms with Crippen molar-refractivity contribution < 1.29 is 18.3 Å². The summed E-state index contributed by atoms with van der Waals surface area (Å²) in [5.74, 6) is -0.714. The topological polar surface area (TPSA) is 101 Å². The maximum Gasteiger partial charge on any atom is 0.339 e. The third-order valence-corrected chi connectivity index (χ3v) is 4.85. The van der Waals surface area contributed by atoms with Crippen LogP contribution in [0.1, 0.15) is 22.5 Å². The Morgan fingerprint density at radius 2 is 2.39 bits per heavy atom. The van der Waals surface area contributed by atoms with Crippen LogP contribution in [0.25, 0.3) is 0 Å². The highest BCUT2D eigenvalue weighted by Crippen LogP contribution is 2.13. The number of aromatic nitrogens is 2. The molecule has 18 heavy (non-hydrogen) atoms. The second-order valence-electron chi connectivity index (χ2n) is 4.41. The Bertz CT molecular complexity index is 564. The molecule has 0 aliphatic carbocycles. The minimum absolute atomic E-state index is 0.105. The predicted molar refractivity (Wildman–Crippen MR) is 64.1 cm³/mol. The fourth-order valence-corrected chi connectivity index (χ4v) is 3.76. The molecule has 1 aromatic rings. The number of aryl methyl sites for hydroxylation is 1. The van der Waals surface area contributed by atoms with Gasteiger partial charge in [-0.25, -0.2) is 13.2 Å². The minimum Gasteiger partial charge on any atom is -0.478 e. The first-order valence-corrected chi connectivity index (χ1v) is 7.39. The quantitative estimate of drug-likeness (QED) is 0.759. The van der Waals surface area contributed by atoms with Gasteiger partial charge in [0.25, 0.3) is 0 Å². The van der Waals surface area contributed by atoms with Crippen molar-refractivity contribution in [3.63, 3.8) is 0 Å². The van der Waals surface area contributed by atoms with E-state index in [1.54, 1.807) is 7.05 Å². The Hall–Kier alpha value is -1.41. The molecule has 2 rings (SSSR count). The second-order valence-corrected chi connectivity index (χ2v) is 6.64. The lowest BCUT2D eigenvalue weighted by Crippen LogP contribution is -2.30. The Kier molecular flexibility index (Phi) is 3.40. The van der Waals surface area contributed by atoms with Crippen LogP contribution in [-0.4, -0.2) is 46.8 Å². The molecule has 2 N–H and O–H groups in total. The van der Waals surface area contributed by atoms with Crippen molar-refractivity contribution in [1.29, 1.82) is 0 Å². The summed E-state index contributed by atoms with van der Waals surface area (Å²) in [5.41, 5.74) is 0.692. The fraction of sp³-hybridized carbons (Fsp3) is 0.600. The van der Waals surface area contributed by atoms with Crippen molar-refractivity contribution in [2.45, 2.75) is 19.0 Å². The van der Waals surface area contributed by atoms with Crippen LogP contribution in [0.3, 0.4) is 0 Å². The second kappa shape index (κ2) is 4.69. The van der Waals surface area contributed by atoms with Gasteiger partial charge in [0.1, 0.15) is 5.56 Å². The van der Waals surface area contributed by atoms with E-state index in [0.29, 0.717) is 18.7 Å². The van der Waals surface area contributed by atoms with Crippen molar-refractivity contribution in [3.8, 4) is 0 Å². The molecule has 0 aromatic carbocycles. The number of rotatable bonds is 4. The van der Waals surface area contributed by atoms with Crippen LogP contribution < -0.4 is 5.32 Å². The Morgan fingerprint density at radius 1 is 1.67 bits per heavy atom. The van der Waals surface area contributed by atoms with E-state index in [0.717, 1.165) is 0 Å². The van der Waals surface area contributed by atoms with Gasteiger partial charge in [0, 0.05) is 19.6 Å². The lowest BCUT2D eigenvalue weighted by molar-refractivity contribution is 0.0695. The number of carboxylic acids is 1. The van der Waals surface area contributed by atoms with Crippen molar-refractivity contribution in [3.05, 3.63) is 17.5 Å². The van der Waals surface area contributed by atoms with Crippen molar-refractivity contribution in [1.82, 2.24) is 15.1 Å². The zero-order valence-corrected chi connectivity index (χ0v) is 10.8. The number of carbonyl (C=O) groups is 1. The maximum absolute atomic E-state index is 11.3. The molecule has 1 atom stereocenters. The van der Waals surface area contributed by atoms with E-state index in [2.05, 4.69) is 10.4 Å². The van der Waals surface area contributed by atoms with E-state index in [1.165, 1.54) is 10.9 Å². The fourth-order valence-electron chi connectivity index (χ4n) is 2.05. The molecular formula is C10H15N3O4S. The molecule has 8 heteroatoms. The summed E-state index contributed by atoms with van der Waals surface area (Å²) in [6.45, 7) is 0.304. The van der Waals surface area contributed by atoms with Gasteiger partial charge in [-0.1, -0.05) is 0 Å². The molecule has 2 heterocycles. The molecule has 1 aliphatic rings.